The summed E-state index contributed by atoms with van der Waals surface area (Å²) >= 11 is 0. The third kappa shape index (κ3) is 3.55. The predicted octanol–water partition coefficient (Wildman–Crippen LogP) is 4.07. The van der Waals surface area contributed by atoms with Crippen LogP contribution in [0.15, 0.2) is 18.2 Å². The van der Waals surface area contributed by atoms with Crippen LogP contribution in [-0.4, -0.2) is 0 Å². The van der Waals surface area contributed by atoms with Crippen LogP contribution in [0.4, 0.5) is 24.5 Å². The number of anilines is 2. The zero-order chi connectivity index (χ0) is 14.0. The first-order valence-corrected chi connectivity index (χ1v) is 6.58. The van der Waals surface area contributed by atoms with Gasteiger partial charge in [0.2, 0.25) is 0 Å². The molecule has 5 heteroatoms. The molecule has 2 aliphatic rings. The van der Waals surface area contributed by atoms with Crippen LogP contribution in [0.3, 0.4) is 0 Å². The van der Waals surface area contributed by atoms with Gasteiger partial charge in [0.1, 0.15) is 0 Å². The van der Waals surface area contributed by atoms with Crippen molar-refractivity contribution in [2.45, 2.75) is 38.3 Å². The maximum Gasteiger partial charge on any atom is 0.418 e. The lowest BCUT2D eigenvalue weighted by molar-refractivity contribution is -0.136. The Morgan fingerprint density at radius 3 is 1.79 bits per heavy atom. The van der Waals surface area contributed by atoms with Crippen molar-refractivity contribution in [3.8, 4) is 0 Å². The molecule has 0 heterocycles. The number of benzene rings is 1. The molecule has 2 fully saturated rings. The quantitative estimate of drug-likeness (QED) is 0.699. The molecule has 0 amide bonds. The Morgan fingerprint density at radius 1 is 0.947 bits per heavy atom. The van der Waals surface area contributed by atoms with Gasteiger partial charge in [-0.3, -0.25) is 0 Å². The summed E-state index contributed by atoms with van der Waals surface area (Å²) in [6.07, 6.45) is 3.39. The van der Waals surface area contributed by atoms with Crippen LogP contribution in [-0.2, 0) is 6.18 Å². The Hall–Kier alpha value is -1.39. The number of halogens is 3. The summed E-state index contributed by atoms with van der Waals surface area (Å²) in [5.41, 5.74) is 9.13. The summed E-state index contributed by atoms with van der Waals surface area (Å²) < 4.78 is 36.3. The number of alkyl halides is 3. The third-order valence-corrected chi connectivity index (χ3v) is 4.02. The van der Waals surface area contributed by atoms with Gasteiger partial charge >= 0.3 is 6.18 Å². The number of rotatable bonds is 0. The van der Waals surface area contributed by atoms with Crippen LogP contribution in [0.1, 0.15) is 37.7 Å². The van der Waals surface area contributed by atoms with Gasteiger partial charge in [-0.1, -0.05) is 25.7 Å². The second kappa shape index (κ2) is 5.31. The average molecular weight is 272 g/mol. The number of nitrogen functional groups attached to an aromatic ring is 2. The smallest absolute Gasteiger partial charge is 0.399 e. The minimum Gasteiger partial charge on any atom is -0.399 e. The van der Waals surface area contributed by atoms with Crippen molar-refractivity contribution < 1.29 is 13.2 Å². The van der Waals surface area contributed by atoms with Crippen molar-refractivity contribution >= 4 is 11.4 Å². The summed E-state index contributed by atoms with van der Waals surface area (Å²) in [4.78, 5) is 0. The van der Waals surface area contributed by atoms with Gasteiger partial charge in [0.05, 0.1) is 5.56 Å². The van der Waals surface area contributed by atoms with E-state index in [9.17, 15) is 13.2 Å². The fourth-order valence-electron chi connectivity index (χ4n) is 2.99. The van der Waals surface area contributed by atoms with Gasteiger partial charge in [-0.15, -0.1) is 0 Å². The van der Waals surface area contributed by atoms with E-state index in [0.29, 0.717) is 0 Å². The van der Waals surface area contributed by atoms with E-state index in [2.05, 4.69) is 0 Å². The number of hydrogen-bond acceptors (Lipinski definition) is 2. The molecule has 106 valence electrons. The molecule has 4 N–H and O–H groups in total. The highest BCUT2D eigenvalue weighted by atomic mass is 19.4. The first-order valence-electron chi connectivity index (χ1n) is 6.58. The first kappa shape index (κ1) is 14.0. The highest BCUT2D eigenvalue weighted by Crippen LogP contribution is 2.43. The Balaban J connectivity index is 0.000000159. The molecule has 2 aliphatic carbocycles. The van der Waals surface area contributed by atoms with Gasteiger partial charge in [0.15, 0.2) is 0 Å². The molecule has 0 atom stereocenters. The van der Waals surface area contributed by atoms with Gasteiger partial charge in [-0.25, -0.2) is 0 Å². The van der Waals surface area contributed by atoms with Crippen molar-refractivity contribution in [3.05, 3.63) is 23.8 Å². The Kier molecular flexibility index (Phi) is 3.92. The Labute approximate surface area is 111 Å². The minimum absolute atomic E-state index is 0.0523. The molecule has 0 unspecified atom stereocenters. The van der Waals surface area contributed by atoms with E-state index >= 15 is 0 Å². The van der Waals surface area contributed by atoms with E-state index in [0.717, 1.165) is 12.1 Å². The van der Waals surface area contributed by atoms with Gasteiger partial charge in [0, 0.05) is 11.4 Å². The molecule has 2 bridgehead atoms. The molecule has 0 aromatic heterocycles. The molecule has 2 saturated carbocycles. The number of nitrogens with two attached hydrogens (primary N) is 2. The average Bonchev–Trinajstić information content (AvgIpc) is 2.96. The molecule has 1 aromatic carbocycles. The molecule has 0 spiro atoms. The van der Waals surface area contributed by atoms with E-state index in [-0.39, 0.29) is 11.4 Å². The monoisotopic (exact) mass is 272 g/mol. The molecular formula is C14H19F3N2. The van der Waals surface area contributed by atoms with Gasteiger partial charge in [-0.2, -0.15) is 13.2 Å². The van der Waals surface area contributed by atoms with Crippen LogP contribution in [0, 0.1) is 11.8 Å². The van der Waals surface area contributed by atoms with Gasteiger partial charge in [-0.05, 0) is 36.5 Å². The minimum atomic E-state index is -4.43. The molecule has 3 rings (SSSR count). The first-order chi connectivity index (χ1) is 8.86. The molecule has 19 heavy (non-hydrogen) atoms. The van der Waals surface area contributed by atoms with Crippen LogP contribution < -0.4 is 11.5 Å². The van der Waals surface area contributed by atoms with E-state index in [4.69, 9.17) is 11.5 Å². The van der Waals surface area contributed by atoms with Crippen LogP contribution >= 0.6 is 0 Å². The normalized spacial score (nSPS) is 25.0. The molecular weight excluding hydrogens is 253 g/mol. The van der Waals surface area contributed by atoms with E-state index in [1.807, 2.05) is 0 Å². The second-order valence-corrected chi connectivity index (χ2v) is 5.47. The zero-order valence-corrected chi connectivity index (χ0v) is 10.7. The van der Waals surface area contributed by atoms with Crippen molar-refractivity contribution in [2.24, 2.45) is 11.8 Å². The van der Waals surface area contributed by atoms with Crippen molar-refractivity contribution in [1.29, 1.82) is 0 Å². The summed E-state index contributed by atoms with van der Waals surface area (Å²) in [5.74, 6) is 2.34. The molecule has 2 nitrogen and oxygen atoms in total. The topological polar surface area (TPSA) is 52.0 Å². The summed E-state index contributed by atoms with van der Waals surface area (Å²) in [5, 5.41) is 0. The summed E-state index contributed by atoms with van der Waals surface area (Å²) in [6, 6.07) is 3.28. The van der Waals surface area contributed by atoms with Crippen molar-refractivity contribution in [1.82, 2.24) is 0 Å². The van der Waals surface area contributed by atoms with E-state index < -0.39 is 11.7 Å². The third-order valence-electron chi connectivity index (χ3n) is 4.02. The Bertz CT molecular complexity index is 425. The van der Waals surface area contributed by atoms with E-state index in [1.165, 1.54) is 17.9 Å². The fraction of sp³-hybridized carbons (Fsp3) is 0.571. The lowest BCUT2D eigenvalue weighted by Gasteiger charge is -2.09. The SMILES string of the molecule is C1CC2CCC1C2.Nc1ccc(N)c(C(F)(F)F)c1. The fourth-order valence-corrected chi connectivity index (χ4v) is 2.99. The van der Waals surface area contributed by atoms with Crippen LogP contribution in [0.2, 0.25) is 0 Å². The van der Waals surface area contributed by atoms with E-state index in [1.54, 1.807) is 32.1 Å². The van der Waals surface area contributed by atoms with Gasteiger partial charge in [0.25, 0.3) is 0 Å². The summed E-state index contributed by atoms with van der Waals surface area (Å²) in [7, 11) is 0. The molecule has 0 radical (unpaired) electrons. The lowest BCUT2D eigenvalue weighted by atomic mass is 10.0. The highest BCUT2D eigenvalue weighted by molar-refractivity contribution is 5.56. The van der Waals surface area contributed by atoms with Crippen molar-refractivity contribution in [2.75, 3.05) is 11.5 Å². The van der Waals surface area contributed by atoms with Gasteiger partial charge < -0.3 is 11.5 Å². The molecule has 0 aliphatic heterocycles. The standard InChI is InChI=1S/C7H7F3N2.C7H12/c8-7(9,10)5-3-4(11)1-2-6(5)12;1-2-7-4-3-6(1)5-7/h1-3H,11-12H2;6-7H,1-5H2. The summed E-state index contributed by atoms with van der Waals surface area (Å²) in [6.45, 7) is 0. The lowest BCUT2D eigenvalue weighted by Crippen LogP contribution is -2.09. The molecule has 0 saturated heterocycles. The van der Waals surface area contributed by atoms with Crippen LogP contribution in [0.5, 0.6) is 0 Å². The maximum atomic E-state index is 12.1. The van der Waals surface area contributed by atoms with Crippen molar-refractivity contribution in [3.63, 3.8) is 0 Å². The Morgan fingerprint density at radius 2 is 1.47 bits per heavy atom. The van der Waals surface area contributed by atoms with Crippen LogP contribution in [0.25, 0.3) is 0 Å². The molecule has 1 aromatic rings. The predicted molar refractivity (Wildman–Crippen MR) is 70.3 cm³/mol. The maximum absolute atomic E-state index is 12.1. The highest BCUT2D eigenvalue weighted by Gasteiger charge is 2.33. The second-order valence-electron chi connectivity index (χ2n) is 5.47. The number of hydrogen-bond donors (Lipinski definition) is 2. The largest absolute Gasteiger partial charge is 0.418 e. The number of fused-ring (bicyclic) bond motifs is 2. The zero-order valence-electron chi connectivity index (χ0n) is 10.7.